The number of hydrogen-bond donors (Lipinski definition) is 3. The maximum absolute atomic E-state index is 12.2. The van der Waals surface area contributed by atoms with Gasteiger partial charge in [-0.15, -0.1) is 12.4 Å². The molecule has 0 atom stereocenters. The lowest BCUT2D eigenvalue weighted by Gasteiger charge is -2.13. The van der Waals surface area contributed by atoms with E-state index >= 15 is 0 Å². The Morgan fingerprint density at radius 3 is 2.69 bits per heavy atom. The summed E-state index contributed by atoms with van der Waals surface area (Å²) in [6.07, 6.45) is 0. The van der Waals surface area contributed by atoms with Crippen molar-refractivity contribution in [2.24, 2.45) is 0 Å². The fourth-order valence-electron chi connectivity index (χ4n) is 2.55. The molecule has 0 saturated heterocycles. The molecule has 0 fully saturated rings. The molecule has 10 heteroatoms. The molecule has 0 saturated carbocycles. The number of halogens is 1. The van der Waals surface area contributed by atoms with E-state index in [4.69, 9.17) is 0 Å². The van der Waals surface area contributed by atoms with Crippen molar-refractivity contribution in [2.75, 3.05) is 17.0 Å². The van der Waals surface area contributed by atoms with Crippen LogP contribution in [0.1, 0.15) is 28.7 Å². The SMILES string of the molecule is CCS(=O)(=O)Nc1ccc(C(=O)NCc2cc3n(n2)CCNC3)cc1.Cl. The van der Waals surface area contributed by atoms with Crippen molar-refractivity contribution in [1.82, 2.24) is 20.4 Å². The van der Waals surface area contributed by atoms with Gasteiger partial charge in [0.25, 0.3) is 5.91 Å². The molecule has 1 aromatic carbocycles. The average molecular weight is 400 g/mol. The number of aromatic nitrogens is 2. The van der Waals surface area contributed by atoms with Gasteiger partial charge in [0, 0.05) is 24.3 Å². The number of carbonyl (C=O) groups excluding carboxylic acids is 1. The summed E-state index contributed by atoms with van der Waals surface area (Å²) in [5.74, 6) is -0.228. The molecule has 0 radical (unpaired) electrons. The van der Waals surface area contributed by atoms with Gasteiger partial charge < -0.3 is 10.6 Å². The minimum Gasteiger partial charge on any atom is -0.346 e. The lowest BCUT2D eigenvalue weighted by molar-refractivity contribution is 0.0950. The molecule has 1 aliphatic heterocycles. The van der Waals surface area contributed by atoms with Gasteiger partial charge in [0.1, 0.15) is 0 Å². The first kappa shape index (κ1) is 20.2. The fourth-order valence-corrected chi connectivity index (χ4v) is 3.19. The Balaban J connectivity index is 0.00000243. The van der Waals surface area contributed by atoms with Crippen LogP contribution in [0, 0.1) is 0 Å². The van der Waals surface area contributed by atoms with Gasteiger partial charge in [-0.2, -0.15) is 5.10 Å². The summed E-state index contributed by atoms with van der Waals surface area (Å²) in [5.41, 5.74) is 2.83. The van der Waals surface area contributed by atoms with Gasteiger partial charge in [0.05, 0.1) is 30.2 Å². The molecule has 2 heterocycles. The van der Waals surface area contributed by atoms with E-state index in [0.717, 1.165) is 31.0 Å². The summed E-state index contributed by atoms with van der Waals surface area (Å²) in [7, 11) is -3.32. The topological polar surface area (TPSA) is 105 Å². The van der Waals surface area contributed by atoms with Crippen molar-refractivity contribution < 1.29 is 13.2 Å². The second kappa shape index (κ2) is 8.52. The fraction of sp³-hybridized carbons (Fsp3) is 0.375. The Kier molecular flexibility index (Phi) is 6.63. The van der Waals surface area contributed by atoms with Gasteiger partial charge in [-0.3, -0.25) is 14.2 Å². The molecule has 8 nitrogen and oxygen atoms in total. The highest BCUT2D eigenvalue weighted by molar-refractivity contribution is 7.92. The van der Waals surface area contributed by atoms with E-state index in [-0.39, 0.29) is 24.1 Å². The van der Waals surface area contributed by atoms with Crippen molar-refractivity contribution in [3.8, 4) is 0 Å². The predicted molar refractivity (Wildman–Crippen MR) is 102 cm³/mol. The quantitative estimate of drug-likeness (QED) is 0.674. The Hall–Kier alpha value is -2.10. The van der Waals surface area contributed by atoms with E-state index < -0.39 is 10.0 Å². The number of anilines is 1. The number of nitrogens with one attached hydrogen (secondary N) is 3. The number of sulfonamides is 1. The Morgan fingerprint density at radius 2 is 2.04 bits per heavy atom. The molecular weight excluding hydrogens is 378 g/mol. The zero-order chi connectivity index (χ0) is 17.9. The molecule has 26 heavy (non-hydrogen) atoms. The highest BCUT2D eigenvalue weighted by atomic mass is 35.5. The molecule has 2 aromatic rings. The number of hydrogen-bond acceptors (Lipinski definition) is 5. The van der Waals surface area contributed by atoms with Gasteiger partial charge in [-0.25, -0.2) is 8.42 Å². The van der Waals surface area contributed by atoms with Gasteiger partial charge >= 0.3 is 0 Å². The Bertz CT molecular complexity index is 841. The molecule has 0 unspecified atom stereocenters. The first-order chi connectivity index (χ1) is 12.0. The van der Waals surface area contributed by atoms with Crippen LogP contribution in [0.25, 0.3) is 0 Å². The third-order valence-electron chi connectivity index (χ3n) is 3.95. The zero-order valence-electron chi connectivity index (χ0n) is 14.4. The average Bonchev–Trinajstić information content (AvgIpc) is 3.03. The van der Waals surface area contributed by atoms with Crippen LogP contribution in [-0.4, -0.2) is 36.4 Å². The molecule has 3 N–H and O–H groups in total. The molecule has 142 valence electrons. The van der Waals surface area contributed by atoms with Gasteiger partial charge in [0.15, 0.2) is 0 Å². The standard InChI is InChI=1S/C16H21N5O3S.ClH/c1-2-25(23,24)20-13-5-3-12(4-6-13)16(22)18-10-14-9-15-11-17-7-8-21(15)19-14;/h3-6,9,17,20H,2,7-8,10-11H2,1H3,(H,18,22);1H. The van der Waals surface area contributed by atoms with E-state index in [0.29, 0.717) is 17.8 Å². The van der Waals surface area contributed by atoms with Crippen LogP contribution in [0.4, 0.5) is 5.69 Å². The minimum absolute atomic E-state index is 0. The Labute approximate surface area is 158 Å². The number of fused-ring (bicyclic) bond motifs is 1. The van der Waals surface area contributed by atoms with Crippen LogP contribution >= 0.6 is 12.4 Å². The van der Waals surface area contributed by atoms with Crippen LogP contribution < -0.4 is 15.4 Å². The molecule has 0 aliphatic carbocycles. The van der Waals surface area contributed by atoms with Gasteiger partial charge in [0.2, 0.25) is 10.0 Å². The molecule has 0 spiro atoms. The highest BCUT2D eigenvalue weighted by Crippen LogP contribution is 2.12. The summed E-state index contributed by atoms with van der Waals surface area (Å²) in [6.45, 7) is 4.43. The van der Waals surface area contributed by atoms with Crippen LogP contribution in [0.15, 0.2) is 30.3 Å². The number of benzene rings is 1. The molecule has 0 bridgehead atoms. The maximum Gasteiger partial charge on any atom is 0.251 e. The number of carbonyl (C=O) groups is 1. The number of rotatable bonds is 6. The van der Waals surface area contributed by atoms with Crippen molar-refractivity contribution in [3.05, 3.63) is 47.3 Å². The third-order valence-corrected chi connectivity index (χ3v) is 5.26. The van der Waals surface area contributed by atoms with Crippen LogP contribution in [-0.2, 0) is 29.7 Å². The molecule has 3 rings (SSSR count). The number of nitrogens with zero attached hydrogens (tertiary/aromatic N) is 2. The minimum atomic E-state index is -3.32. The van der Waals surface area contributed by atoms with E-state index in [1.54, 1.807) is 31.2 Å². The van der Waals surface area contributed by atoms with Crippen molar-refractivity contribution >= 4 is 34.0 Å². The van der Waals surface area contributed by atoms with Crippen molar-refractivity contribution in [2.45, 2.75) is 26.6 Å². The van der Waals surface area contributed by atoms with Crippen LogP contribution in [0.5, 0.6) is 0 Å². The predicted octanol–water partition coefficient (Wildman–Crippen LogP) is 1.10. The number of amides is 1. The first-order valence-corrected chi connectivity index (χ1v) is 9.77. The van der Waals surface area contributed by atoms with E-state index in [1.807, 2.05) is 10.7 Å². The second-order valence-corrected chi connectivity index (χ2v) is 7.80. The third kappa shape index (κ3) is 4.96. The normalized spacial score (nSPS) is 13.4. The maximum atomic E-state index is 12.2. The molecular formula is C16H22ClN5O3S. The molecule has 1 amide bonds. The summed E-state index contributed by atoms with van der Waals surface area (Å²) in [6, 6.07) is 8.30. The molecule has 1 aliphatic rings. The zero-order valence-corrected chi connectivity index (χ0v) is 16.0. The van der Waals surface area contributed by atoms with Gasteiger partial charge in [-0.1, -0.05) is 0 Å². The largest absolute Gasteiger partial charge is 0.346 e. The summed E-state index contributed by atoms with van der Waals surface area (Å²) in [4.78, 5) is 12.2. The lowest BCUT2D eigenvalue weighted by atomic mass is 10.2. The van der Waals surface area contributed by atoms with E-state index in [2.05, 4.69) is 20.5 Å². The van der Waals surface area contributed by atoms with Crippen LogP contribution in [0.2, 0.25) is 0 Å². The van der Waals surface area contributed by atoms with Crippen molar-refractivity contribution in [3.63, 3.8) is 0 Å². The lowest BCUT2D eigenvalue weighted by Crippen LogP contribution is -2.28. The van der Waals surface area contributed by atoms with E-state index in [1.165, 1.54) is 0 Å². The van der Waals surface area contributed by atoms with Gasteiger partial charge in [-0.05, 0) is 37.3 Å². The smallest absolute Gasteiger partial charge is 0.251 e. The van der Waals surface area contributed by atoms with Crippen molar-refractivity contribution in [1.29, 1.82) is 0 Å². The molecule has 1 aromatic heterocycles. The summed E-state index contributed by atoms with van der Waals surface area (Å²) >= 11 is 0. The van der Waals surface area contributed by atoms with Crippen LogP contribution in [0.3, 0.4) is 0 Å². The summed E-state index contributed by atoms with van der Waals surface area (Å²) < 4.78 is 27.4. The highest BCUT2D eigenvalue weighted by Gasteiger charge is 2.13. The summed E-state index contributed by atoms with van der Waals surface area (Å²) in [5, 5.41) is 10.6. The Morgan fingerprint density at radius 1 is 1.31 bits per heavy atom. The van der Waals surface area contributed by atoms with E-state index in [9.17, 15) is 13.2 Å². The monoisotopic (exact) mass is 399 g/mol. The first-order valence-electron chi connectivity index (χ1n) is 8.12. The second-order valence-electron chi connectivity index (χ2n) is 5.79.